The van der Waals surface area contributed by atoms with Crippen LogP contribution in [0.3, 0.4) is 0 Å². The SMILES string of the molecule is CCNC(C)(C)C(=O)NCc1cnc(C)cn1. The van der Waals surface area contributed by atoms with Crippen molar-refractivity contribution in [3.8, 4) is 0 Å². The molecule has 1 aromatic heterocycles. The summed E-state index contributed by atoms with van der Waals surface area (Å²) in [4.78, 5) is 20.2. The molecule has 0 spiro atoms. The minimum Gasteiger partial charge on any atom is -0.349 e. The van der Waals surface area contributed by atoms with Crippen molar-refractivity contribution >= 4 is 5.91 Å². The van der Waals surface area contributed by atoms with Gasteiger partial charge in [0.2, 0.25) is 5.91 Å². The number of rotatable bonds is 5. The van der Waals surface area contributed by atoms with Gasteiger partial charge in [0, 0.05) is 6.20 Å². The minimum absolute atomic E-state index is 0.0401. The zero-order valence-corrected chi connectivity index (χ0v) is 10.9. The average molecular weight is 236 g/mol. The van der Waals surface area contributed by atoms with Gasteiger partial charge in [-0.3, -0.25) is 14.8 Å². The van der Waals surface area contributed by atoms with Crippen molar-refractivity contribution in [3.05, 3.63) is 23.8 Å². The third kappa shape index (κ3) is 4.11. The number of hydrogen-bond donors (Lipinski definition) is 2. The zero-order valence-electron chi connectivity index (χ0n) is 10.9. The smallest absolute Gasteiger partial charge is 0.240 e. The van der Waals surface area contributed by atoms with E-state index in [1.807, 2.05) is 27.7 Å². The molecule has 1 heterocycles. The number of carbonyl (C=O) groups excluding carboxylic acids is 1. The normalized spacial score (nSPS) is 11.3. The molecule has 0 atom stereocenters. The molecule has 1 rings (SSSR count). The van der Waals surface area contributed by atoms with Crippen molar-refractivity contribution in [1.82, 2.24) is 20.6 Å². The van der Waals surface area contributed by atoms with Gasteiger partial charge in [-0.15, -0.1) is 0 Å². The first-order chi connectivity index (χ1) is 7.95. The van der Waals surface area contributed by atoms with Crippen LogP contribution in [-0.4, -0.2) is 28.0 Å². The summed E-state index contributed by atoms with van der Waals surface area (Å²) in [7, 11) is 0. The lowest BCUT2D eigenvalue weighted by atomic mass is 10.0. The number of likely N-dealkylation sites (N-methyl/N-ethyl adjacent to an activating group) is 1. The molecule has 0 fully saturated rings. The standard InChI is InChI=1S/C12H20N4O/c1-5-16-12(3,4)11(17)15-8-10-7-13-9(2)6-14-10/h6-7,16H,5,8H2,1-4H3,(H,15,17). The lowest BCUT2D eigenvalue weighted by molar-refractivity contribution is -0.126. The Balaban J connectivity index is 2.50. The summed E-state index contributed by atoms with van der Waals surface area (Å²) in [5.74, 6) is -0.0401. The van der Waals surface area contributed by atoms with E-state index in [0.717, 1.165) is 17.9 Å². The van der Waals surface area contributed by atoms with E-state index in [0.29, 0.717) is 6.54 Å². The van der Waals surface area contributed by atoms with Gasteiger partial charge in [0.15, 0.2) is 0 Å². The summed E-state index contributed by atoms with van der Waals surface area (Å²) < 4.78 is 0. The predicted molar refractivity (Wildman–Crippen MR) is 66.4 cm³/mol. The molecule has 1 amide bonds. The van der Waals surface area contributed by atoms with Crippen LogP contribution in [-0.2, 0) is 11.3 Å². The van der Waals surface area contributed by atoms with Gasteiger partial charge < -0.3 is 10.6 Å². The van der Waals surface area contributed by atoms with Crippen LogP contribution in [0.4, 0.5) is 0 Å². The molecule has 0 bridgehead atoms. The second-order valence-electron chi connectivity index (χ2n) is 4.49. The van der Waals surface area contributed by atoms with E-state index in [-0.39, 0.29) is 5.91 Å². The molecule has 5 heteroatoms. The molecule has 0 aliphatic carbocycles. The Morgan fingerprint density at radius 2 is 2.06 bits per heavy atom. The fourth-order valence-electron chi connectivity index (χ4n) is 1.42. The van der Waals surface area contributed by atoms with Gasteiger partial charge in [-0.1, -0.05) is 6.92 Å². The Hall–Kier alpha value is -1.49. The number of aryl methyl sites for hydroxylation is 1. The van der Waals surface area contributed by atoms with Crippen molar-refractivity contribution < 1.29 is 4.79 Å². The highest BCUT2D eigenvalue weighted by molar-refractivity contribution is 5.85. The summed E-state index contributed by atoms with van der Waals surface area (Å²) in [6, 6.07) is 0. The largest absolute Gasteiger partial charge is 0.349 e. The second-order valence-corrected chi connectivity index (χ2v) is 4.49. The van der Waals surface area contributed by atoms with Crippen LogP contribution in [0.25, 0.3) is 0 Å². The van der Waals surface area contributed by atoms with Gasteiger partial charge in [0.05, 0.1) is 29.7 Å². The number of amides is 1. The molecule has 0 radical (unpaired) electrons. The molecule has 94 valence electrons. The van der Waals surface area contributed by atoms with Crippen LogP contribution in [0.2, 0.25) is 0 Å². The van der Waals surface area contributed by atoms with Crippen LogP contribution in [0.15, 0.2) is 12.4 Å². The molecule has 0 saturated heterocycles. The number of aromatic nitrogens is 2. The Kier molecular flexibility index (Phi) is 4.57. The van der Waals surface area contributed by atoms with E-state index in [9.17, 15) is 4.79 Å². The molecule has 2 N–H and O–H groups in total. The molecule has 1 aromatic rings. The molecule has 17 heavy (non-hydrogen) atoms. The first kappa shape index (κ1) is 13.6. The lowest BCUT2D eigenvalue weighted by Gasteiger charge is -2.24. The molecule has 0 unspecified atom stereocenters. The van der Waals surface area contributed by atoms with Crippen LogP contribution < -0.4 is 10.6 Å². The first-order valence-electron chi connectivity index (χ1n) is 5.76. The maximum absolute atomic E-state index is 11.9. The summed E-state index contributed by atoms with van der Waals surface area (Å²) >= 11 is 0. The van der Waals surface area contributed by atoms with E-state index in [2.05, 4.69) is 20.6 Å². The second kappa shape index (κ2) is 5.72. The van der Waals surface area contributed by atoms with Gasteiger partial charge in [-0.2, -0.15) is 0 Å². The molecule has 0 aliphatic rings. The van der Waals surface area contributed by atoms with Crippen LogP contribution >= 0.6 is 0 Å². The van der Waals surface area contributed by atoms with E-state index in [1.165, 1.54) is 0 Å². The Morgan fingerprint density at radius 1 is 1.35 bits per heavy atom. The maximum atomic E-state index is 11.9. The Bertz CT molecular complexity index is 373. The fourth-order valence-corrected chi connectivity index (χ4v) is 1.42. The van der Waals surface area contributed by atoms with Crippen LogP contribution in [0.5, 0.6) is 0 Å². The number of carbonyl (C=O) groups is 1. The van der Waals surface area contributed by atoms with Gasteiger partial charge in [-0.05, 0) is 27.3 Å². The number of nitrogens with one attached hydrogen (secondary N) is 2. The first-order valence-corrected chi connectivity index (χ1v) is 5.76. The molecule has 5 nitrogen and oxygen atoms in total. The minimum atomic E-state index is -0.563. The summed E-state index contributed by atoms with van der Waals surface area (Å²) in [6.07, 6.45) is 3.37. The van der Waals surface area contributed by atoms with Gasteiger partial charge in [0.1, 0.15) is 0 Å². The van der Waals surface area contributed by atoms with Crippen molar-refractivity contribution in [2.45, 2.75) is 39.8 Å². The highest BCUT2D eigenvalue weighted by Gasteiger charge is 2.25. The average Bonchev–Trinajstić information content (AvgIpc) is 2.27. The van der Waals surface area contributed by atoms with E-state index < -0.39 is 5.54 Å². The highest BCUT2D eigenvalue weighted by Crippen LogP contribution is 2.02. The monoisotopic (exact) mass is 236 g/mol. The highest BCUT2D eigenvalue weighted by atomic mass is 16.2. The number of hydrogen-bond acceptors (Lipinski definition) is 4. The van der Waals surface area contributed by atoms with E-state index in [1.54, 1.807) is 12.4 Å². The maximum Gasteiger partial charge on any atom is 0.240 e. The molecule has 0 aromatic carbocycles. The van der Waals surface area contributed by atoms with Crippen molar-refractivity contribution in [2.24, 2.45) is 0 Å². The van der Waals surface area contributed by atoms with Crippen molar-refractivity contribution in [1.29, 1.82) is 0 Å². The Labute approximate surface area is 102 Å². The summed E-state index contributed by atoms with van der Waals surface area (Å²) in [5.41, 5.74) is 1.07. The predicted octanol–water partition coefficient (Wildman–Crippen LogP) is 0.789. The molecule has 0 aliphatic heterocycles. The zero-order chi connectivity index (χ0) is 12.9. The summed E-state index contributed by atoms with van der Waals surface area (Å²) in [5, 5.41) is 5.96. The molecular weight excluding hydrogens is 216 g/mol. The van der Waals surface area contributed by atoms with Crippen LogP contribution in [0.1, 0.15) is 32.2 Å². The molecule has 0 saturated carbocycles. The quantitative estimate of drug-likeness (QED) is 0.793. The van der Waals surface area contributed by atoms with Gasteiger partial charge in [0.25, 0.3) is 0 Å². The summed E-state index contributed by atoms with van der Waals surface area (Å²) in [6.45, 7) is 8.72. The van der Waals surface area contributed by atoms with E-state index in [4.69, 9.17) is 0 Å². The number of nitrogens with zero attached hydrogens (tertiary/aromatic N) is 2. The van der Waals surface area contributed by atoms with Crippen molar-refractivity contribution in [3.63, 3.8) is 0 Å². The lowest BCUT2D eigenvalue weighted by Crippen LogP contribution is -2.52. The molecular formula is C12H20N4O. The third-order valence-corrected chi connectivity index (χ3v) is 2.45. The topological polar surface area (TPSA) is 66.9 Å². The Morgan fingerprint density at radius 3 is 2.59 bits per heavy atom. The fraction of sp³-hybridized carbons (Fsp3) is 0.583. The van der Waals surface area contributed by atoms with Crippen LogP contribution in [0, 0.1) is 6.92 Å². The van der Waals surface area contributed by atoms with Gasteiger partial charge in [-0.25, -0.2) is 0 Å². The third-order valence-electron chi connectivity index (χ3n) is 2.45. The van der Waals surface area contributed by atoms with Gasteiger partial charge >= 0.3 is 0 Å². The van der Waals surface area contributed by atoms with Crippen molar-refractivity contribution in [2.75, 3.05) is 6.54 Å². The van der Waals surface area contributed by atoms with E-state index >= 15 is 0 Å².